The number of piperidine rings is 1. The molecule has 0 unspecified atom stereocenters. The number of hydrogen-bond donors (Lipinski definition) is 2. The topological polar surface area (TPSA) is 70.2 Å². The zero-order chi connectivity index (χ0) is 13.1. The zero-order valence-corrected chi connectivity index (χ0v) is 10.9. The molecule has 19 heavy (non-hydrogen) atoms. The number of hydrogen-bond acceptors (Lipinski definition) is 5. The number of carbonyl (C=O) groups is 1. The molecule has 2 saturated heterocycles. The van der Waals surface area contributed by atoms with Crippen molar-refractivity contribution in [1.82, 2.24) is 20.4 Å². The average Bonchev–Trinajstić information content (AvgIpc) is 2.39. The van der Waals surface area contributed by atoms with Crippen LogP contribution in [0.3, 0.4) is 0 Å². The van der Waals surface area contributed by atoms with Crippen molar-refractivity contribution in [2.45, 2.75) is 18.9 Å². The van der Waals surface area contributed by atoms with Gasteiger partial charge in [-0.15, -0.1) is 5.10 Å². The SMILES string of the molecule is O=C(C1CNC1)N1CCC(Nc2cccnn2)CC1. The minimum Gasteiger partial charge on any atom is -0.366 e. The lowest BCUT2D eigenvalue weighted by atomic mass is 9.98. The van der Waals surface area contributed by atoms with Gasteiger partial charge in [-0.3, -0.25) is 4.79 Å². The number of nitrogens with one attached hydrogen (secondary N) is 2. The molecule has 0 saturated carbocycles. The summed E-state index contributed by atoms with van der Waals surface area (Å²) in [5.41, 5.74) is 0. The Hall–Kier alpha value is -1.69. The summed E-state index contributed by atoms with van der Waals surface area (Å²) in [6, 6.07) is 4.18. The van der Waals surface area contributed by atoms with E-state index in [1.165, 1.54) is 0 Å². The van der Waals surface area contributed by atoms with E-state index >= 15 is 0 Å². The van der Waals surface area contributed by atoms with Crippen molar-refractivity contribution in [3.63, 3.8) is 0 Å². The quantitative estimate of drug-likeness (QED) is 0.807. The highest BCUT2D eigenvalue weighted by Crippen LogP contribution is 2.17. The predicted octanol–water partition coefficient (Wildman–Crippen LogP) is 0.0989. The van der Waals surface area contributed by atoms with Crippen LogP contribution in [0.25, 0.3) is 0 Å². The van der Waals surface area contributed by atoms with Gasteiger partial charge in [0.1, 0.15) is 5.82 Å². The molecule has 1 amide bonds. The van der Waals surface area contributed by atoms with Gasteiger partial charge in [0, 0.05) is 38.4 Å². The smallest absolute Gasteiger partial charge is 0.228 e. The first-order valence-electron chi connectivity index (χ1n) is 6.86. The molecule has 2 N–H and O–H groups in total. The third kappa shape index (κ3) is 2.84. The maximum atomic E-state index is 12.1. The van der Waals surface area contributed by atoms with E-state index < -0.39 is 0 Å². The van der Waals surface area contributed by atoms with Crippen LogP contribution in [-0.4, -0.2) is 53.2 Å². The van der Waals surface area contributed by atoms with Crippen molar-refractivity contribution in [2.24, 2.45) is 5.92 Å². The Morgan fingerprint density at radius 3 is 2.74 bits per heavy atom. The van der Waals surface area contributed by atoms with Crippen molar-refractivity contribution < 1.29 is 4.79 Å². The molecule has 3 heterocycles. The highest BCUT2D eigenvalue weighted by atomic mass is 16.2. The van der Waals surface area contributed by atoms with Crippen molar-refractivity contribution in [3.05, 3.63) is 18.3 Å². The second kappa shape index (κ2) is 5.52. The molecular formula is C13H19N5O. The molecule has 6 heteroatoms. The molecule has 1 aromatic rings. The van der Waals surface area contributed by atoms with E-state index in [4.69, 9.17) is 0 Å². The molecule has 0 aromatic carbocycles. The highest BCUT2D eigenvalue weighted by molar-refractivity contribution is 5.80. The van der Waals surface area contributed by atoms with Crippen LogP contribution >= 0.6 is 0 Å². The number of amides is 1. The molecule has 2 aliphatic rings. The van der Waals surface area contributed by atoms with Crippen LogP contribution < -0.4 is 10.6 Å². The third-order valence-electron chi connectivity index (χ3n) is 3.86. The van der Waals surface area contributed by atoms with Gasteiger partial charge in [0.25, 0.3) is 0 Å². The first kappa shape index (κ1) is 12.3. The first-order chi connectivity index (χ1) is 9.33. The fourth-order valence-corrected chi connectivity index (χ4v) is 2.55. The summed E-state index contributed by atoms with van der Waals surface area (Å²) in [5.74, 6) is 1.34. The Bertz CT molecular complexity index is 426. The van der Waals surface area contributed by atoms with Crippen LogP contribution in [0.2, 0.25) is 0 Å². The van der Waals surface area contributed by atoms with E-state index in [0.29, 0.717) is 11.9 Å². The molecule has 2 aliphatic heterocycles. The van der Waals surface area contributed by atoms with E-state index in [1.54, 1.807) is 6.20 Å². The van der Waals surface area contributed by atoms with E-state index in [0.717, 1.165) is 44.8 Å². The average molecular weight is 261 g/mol. The second-order valence-corrected chi connectivity index (χ2v) is 5.21. The van der Waals surface area contributed by atoms with Gasteiger partial charge < -0.3 is 15.5 Å². The molecule has 2 fully saturated rings. The highest BCUT2D eigenvalue weighted by Gasteiger charge is 2.31. The molecule has 3 rings (SSSR count). The molecule has 0 spiro atoms. The fraction of sp³-hybridized carbons (Fsp3) is 0.615. The molecule has 102 valence electrons. The minimum atomic E-state index is 0.212. The third-order valence-corrected chi connectivity index (χ3v) is 3.86. The van der Waals surface area contributed by atoms with Crippen LogP contribution in [0.5, 0.6) is 0 Å². The Balaban J connectivity index is 1.48. The number of likely N-dealkylation sites (tertiary alicyclic amines) is 1. The van der Waals surface area contributed by atoms with Crippen LogP contribution in [0, 0.1) is 5.92 Å². The molecule has 0 bridgehead atoms. The largest absolute Gasteiger partial charge is 0.366 e. The normalized spacial score (nSPS) is 20.9. The van der Waals surface area contributed by atoms with Gasteiger partial charge in [0.05, 0.1) is 5.92 Å². The monoisotopic (exact) mass is 261 g/mol. The van der Waals surface area contributed by atoms with Crippen LogP contribution in [-0.2, 0) is 4.79 Å². The fourth-order valence-electron chi connectivity index (χ4n) is 2.55. The first-order valence-corrected chi connectivity index (χ1v) is 6.86. The lowest BCUT2D eigenvalue weighted by Gasteiger charge is -2.37. The predicted molar refractivity (Wildman–Crippen MR) is 71.6 cm³/mol. The van der Waals surface area contributed by atoms with Gasteiger partial charge in [0.15, 0.2) is 0 Å². The Morgan fingerprint density at radius 2 is 2.16 bits per heavy atom. The zero-order valence-electron chi connectivity index (χ0n) is 10.9. The standard InChI is InChI=1S/C13H19N5O/c19-13(10-8-14-9-10)18-6-3-11(4-7-18)16-12-2-1-5-15-17-12/h1-2,5,10-11,14H,3-4,6-9H2,(H,16,17). The van der Waals surface area contributed by atoms with Crippen molar-refractivity contribution in [3.8, 4) is 0 Å². The number of nitrogens with zero attached hydrogens (tertiary/aromatic N) is 3. The van der Waals surface area contributed by atoms with Crippen molar-refractivity contribution in [1.29, 1.82) is 0 Å². The summed E-state index contributed by atoms with van der Waals surface area (Å²) in [6.07, 6.45) is 3.62. The molecule has 0 atom stereocenters. The van der Waals surface area contributed by atoms with Gasteiger partial charge in [-0.1, -0.05) is 0 Å². The summed E-state index contributed by atoms with van der Waals surface area (Å²) in [4.78, 5) is 14.1. The summed E-state index contributed by atoms with van der Waals surface area (Å²) >= 11 is 0. The summed E-state index contributed by atoms with van der Waals surface area (Å²) in [6.45, 7) is 3.37. The van der Waals surface area contributed by atoms with Crippen molar-refractivity contribution in [2.75, 3.05) is 31.5 Å². The molecular weight excluding hydrogens is 242 g/mol. The Kier molecular flexibility index (Phi) is 3.59. The van der Waals surface area contributed by atoms with E-state index in [9.17, 15) is 4.79 Å². The van der Waals surface area contributed by atoms with Crippen LogP contribution in [0.15, 0.2) is 18.3 Å². The van der Waals surface area contributed by atoms with Crippen LogP contribution in [0.1, 0.15) is 12.8 Å². The van der Waals surface area contributed by atoms with Gasteiger partial charge in [-0.2, -0.15) is 5.10 Å². The second-order valence-electron chi connectivity index (χ2n) is 5.21. The number of carbonyl (C=O) groups excluding carboxylic acids is 1. The molecule has 0 radical (unpaired) electrons. The minimum absolute atomic E-state index is 0.212. The summed E-state index contributed by atoms with van der Waals surface area (Å²) in [7, 11) is 0. The van der Waals surface area contributed by atoms with Gasteiger partial charge >= 0.3 is 0 Å². The molecule has 1 aromatic heterocycles. The summed E-state index contributed by atoms with van der Waals surface area (Å²) < 4.78 is 0. The number of rotatable bonds is 3. The Labute approximate surface area is 112 Å². The van der Waals surface area contributed by atoms with Gasteiger partial charge in [-0.25, -0.2) is 0 Å². The van der Waals surface area contributed by atoms with Crippen molar-refractivity contribution >= 4 is 11.7 Å². The summed E-state index contributed by atoms with van der Waals surface area (Å²) in [5, 5.41) is 14.4. The van der Waals surface area contributed by atoms with E-state index in [-0.39, 0.29) is 5.92 Å². The lowest BCUT2D eigenvalue weighted by molar-refractivity contribution is -0.138. The Morgan fingerprint density at radius 1 is 1.37 bits per heavy atom. The van der Waals surface area contributed by atoms with Gasteiger partial charge in [0.2, 0.25) is 5.91 Å². The molecule has 6 nitrogen and oxygen atoms in total. The number of aromatic nitrogens is 2. The maximum Gasteiger partial charge on any atom is 0.228 e. The van der Waals surface area contributed by atoms with E-state index in [1.807, 2.05) is 17.0 Å². The van der Waals surface area contributed by atoms with E-state index in [2.05, 4.69) is 20.8 Å². The number of anilines is 1. The lowest BCUT2D eigenvalue weighted by Crippen LogP contribution is -2.54. The van der Waals surface area contributed by atoms with Gasteiger partial charge in [-0.05, 0) is 25.0 Å². The maximum absolute atomic E-state index is 12.1. The molecule has 0 aliphatic carbocycles. The van der Waals surface area contributed by atoms with Crippen LogP contribution in [0.4, 0.5) is 5.82 Å².